The topological polar surface area (TPSA) is 104 Å². The highest BCUT2D eigenvalue weighted by molar-refractivity contribution is 7.91. The molecule has 0 spiro atoms. The summed E-state index contributed by atoms with van der Waals surface area (Å²) in [6, 6.07) is 3.98. The molecular formula is C14H17FN2O5S. The van der Waals surface area contributed by atoms with Gasteiger partial charge in [-0.3, -0.25) is 4.79 Å². The maximum Gasteiger partial charge on any atom is 0.317 e. The molecule has 2 N–H and O–H groups in total. The molecule has 1 aromatic rings. The van der Waals surface area contributed by atoms with E-state index in [4.69, 9.17) is 5.11 Å². The summed E-state index contributed by atoms with van der Waals surface area (Å²) in [6.07, 6.45) is -0.473. The summed E-state index contributed by atoms with van der Waals surface area (Å²) in [4.78, 5) is 24.4. The van der Waals surface area contributed by atoms with Crippen LogP contribution in [0.25, 0.3) is 0 Å². The van der Waals surface area contributed by atoms with Gasteiger partial charge in [0.2, 0.25) is 0 Å². The minimum absolute atomic E-state index is 0.0330. The number of carbonyl (C=O) groups is 2. The maximum absolute atomic E-state index is 13.8. The fourth-order valence-electron chi connectivity index (χ4n) is 2.33. The highest BCUT2D eigenvalue weighted by Crippen LogP contribution is 2.20. The molecule has 0 saturated carbocycles. The Morgan fingerprint density at radius 2 is 1.87 bits per heavy atom. The van der Waals surface area contributed by atoms with E-state index in [-0.39, 0.29) is 30.2 Å². The van der Waals surface area contributed by atoms with Crippen LogP contribution in [0.2, 0.25) is 0 Å². The predicted molar refractivity (Wildman–Crippen MR) is 80.2 cm³/mol. The molecule has 126 valence electrons. The van der Waals surface area contributed by atoms with Crippen molar-refractivity contribution in [3.05, 3.63) is 35.6 Å². The van der Waals surface area contributed by atoms with Gasteiger partial charge < -0.3 is 15.3 Å². The van der Waals surface area contributed by atoms with Crippen LogP contribution < -0.4 is 5.32 Å². The van der Waals surface area contributed by atoms with Gasteiger partial charge >= 0.3 is 12.0 Å². The highest BCUT2D eigenvalue weighted by Gasteiger charge is 2.28. The first kappa shape index (κ1) is 17.2. The van der Waals surface area contributed by atoms with Crippen LogP contribution in [0.1, 0.15) is 18.0 Å². The number of hydrogen-bond donors (Lipinski definition) is 2. The van der Waals surface area contributed by atoms with Gasteiger partial charge in [0, 0.05) is 18.7 Å². The number of hydrogen-bond acceptors (Lipinski definition) is 4. The Balaban J connectivity index is 2.10. The summed E-state index contributed by atoms with van der Waals surface area (Å²) in [5, 5.41) is 11.4. The maximum atomic E-state index is 13.8. The monoisotopic (exact) mass is 344 g/mol. The van der Waals surface area contributed by atoms with Gasteiger partial charge in [-0.25, -0.2) is 17.6 Å². The third kappa shape index (κ3) is 4.65. The summed E-state index contributed by atoms with van der Waals surface area (Å²) >= 11 is 0. The summed E-state index contributed by atoms with van der Waals surface area (Å²) in [7, 11) is -3.13. The molecule has 2 rings (SSSR count). The van der Waals surface area contributed by atoms with Crippen LogP contribution in [0.15, 0.2) is 24.3 Å². The molecule has 1 aromatic carbocycles. The lowest BCUT2D eigenvalue weighted by molar-refractivity contribution is -0.137. The van der Waals surface area contributed by atoms with Crippen molar-refractivity contribution >= 4 is 21.8 Å². The summed E-state index contributed by atoms with van der Waals surface area (Å²) in [6.45, 7) is 0.0659. The van der Waals surface area contributed by atoms with E-state index in [2.05, 4.69) is 5.32 Å². The van der Waals surface area contributed by atoms with E-state index >= 15 is 0 Å². The van der Waals surface area contributed by atoms with Crippen LogP contribution >= 0.6 is 0 Å². The number of benzene rings is 1. The van der Waals surface area contributed by atoms with Gasteiger partial charge in [-0.2, -0.15) is 0 Å². The van der Waals surface area contributed by atoms with Gasteiger partial charge in [0.25, 0.3) is 0 Å². The van der Waals surface area contributed by atoms with Crippen LogP contribution in [0, 0.1) is 5.82 Å². The standard InChI is InChI=1S/C14H17FN2O5S/c15-11-4-2-1-3-10(11)12(9-13(18)19)16-14(20)17-5-7-23(21,22)8-6-17/h1-4,12H,5-9H2,(H,16,20)(H,18,19). The largest absolute Gasteiger partial charge is 0.481 e. The number of nitrogens with zero attached hydrogens (tertiary/aromatic N) is 1. The lowest BCUT2D eigenvalue weighted by atomic mass is 10.0. The smallest absolute Gasteiger partial charge is 0.317 e. The molecule has 1 aliphatic heterocycles. The molecule has 0 radical (unpaired) electrons. The SMILES string of the molecule is O=C(O)CC(NC(=O)N1CCS(=O)(=O)CC1)c1ccccc1F. The molecule has 9 heteroatoms. The molecule has 1 unspecified atom stereocenters. The van der Waals surface area contributed by atoms with Crippen LogP contribution in [0.3, 0.4) is 0 Å². The number of rotatable bonds is 4. The van der Waals surface area contributed by atoms with Crippen LogP contribution in [0.5, 0.6) is 0 Å². The van der Waals surface area contributed by atoms with E-state index in [0.29, 0.717) is 0 Å². The zero-order chi connectivity index (χ0) is 17.0. The molecule has 7 nitrogen and oxygen atoms in total. The van der Waals surface area contributed by atoms with Crippen LogP contribution in [0.4, 0.5) is 9.18 Å². The van der Waals surface area contributed by atoms with Gasteiger partial charge in [-0.1, -0.05) is 18.2 Å². The average Bonchev–Trinajstić information content (AvgIpc) is 2.46. The molecule has 2 amide bonds. The third-order valence-corrected chi connectivity index (χ3v) is 5.20. The molecule has 1 fully saturated rings. The van der Waals surface area contributed by atoms with Gasteiger partial charge in [-0.15, -0.1) is 0 Å². The number of nitrogens with one attached hydrogen (secondary N) is 1. The number of sulfone groups is 1. The number of urea groups is 1. The van der Waals surface area contributed by atoms with Crippen LogP contribution in [-0.4, -0.2) is 55.0 Å². The number of carbonyl (C=O) groups excluding carboxylic acids is 1. The van der Waals surface area contributed by atoms with E-state index in [1.165, 1.54) is 23.1 Å². The second-order valence-electron chi connectivity index (χ2n) is 5.26. The number of halogens is 1. The van der Waals surface area contributed by atoms with Gasteiger partial charge in [0.05, 0.1) is 24.0 Å². The van der Waals surface area contributed by atoms with E-state index in [0.717, 1.165) is 0 Å². The van der Waals surface area contributed by atoms with Crippen molar-refractivity contribution in [2.24, 2.45) is 0 Å². The van der Waals surface area contributed by atoms with E-state index in [9.17, 15) is 22.4 Å². The molecule has 0 aliphatic carbocycles. The lowest BCUT2D eigenvalue weighted by Crippen LogP contribution is -2.49. The number of amides is 2. The van der Waals surface area contributed by atoms with Gasteiger partial charge in [-0.05, 0) is 6.07 Å². The van der Waals surface area contributed by atoms with Gasteiger partial charge in [0.1, 0.15) is 5.82 Å². The third-order valence-electron chi connectivity index (χ3n) is 3.59. The van der Waals surface area contributed by atoms with Crippen molar-refractivity contribution in [2.45, 2.75) is 12.5 Å². The predicted octanol–water partition coefficient (Wildman–Crippen LogP) is 0.782. The second-order valence-corrected chi connectivity index (χ2v) is 7.56. The lowest BCUT2D eigenvalue weighted by Gasteiger charge is -2.29. The fraction of sp³-hybridized carbons (Fsp3) is 0.429. The normalized spacial score (nSPS) is 18.2. The van der Waals surface area contributed by atoms with Crippen LogP contribution in [-0.2, 0) is 14.6 Å². The molecule has 0 aromatic heterocycles. The Bertz CT molecular complexity index is 693. The van der Waals surface area contributed by atoms with Crippen molar-refractivity contribution in [3.8, 4) is 0 Å². The zero-order valence-electron chi connectivity index (χ0n) is 12.2. The van der Waals surface area contributed by atoms with Crippen molar-refractivity contribution in [1.82, 2.24) is 10.2 Å². The summed E-state index contributed by atoms with van der Waals surface area (Å²) < 4.78 is 36.6. The average molecular weight is 344 g/mol. The first-order valence-corrected chi connectivity index (χ1v) is 8.83. The molecule has 0 bridgehead atoms. The fourth-order valence-corrected chi connectivity index (χ4v) is 3.53. The highest BCUT2D eigenvalue weighted by atomic mass is 32.2. The summed E-state index contributed by atoms with van der Waals surface area (Å²) in [5.74, 6) is -2.06. The molecular weight excluding hydrogens is 327 g/mol. The molecule has 1 aliphatic rings. The van der Waals surface area contributed by atoms with Crippen molar-refractivity contribution in [3.63, 3.8) is 0 Å². The molecule has 1 heterocycles. The van der Waals surface area contributed by atoms with Crippen molar-refractivity contribution < 1.29 is 27.5 Å². The minimum atomic E-state index is -3.13. The van der Waals surface area contributed by atoms with Crippen molar-refractivity contribution in [1.29, 1.82) is 0 Å². The number of carboxylic acids is 1. The summed E-state index contributed by atoms with van der Waals surface area (Å²) in [5.41, 5.74) is 0.0767. The first-order chi connectivity index (χ1) is 10.8. The van der Waals surface area contributed by atoms with E-state index in [1.54, 1.807) is 6.07 Å². The Labute approximate surface area is 133 Å². The number of aliphatic carboxylic acids is 1. The zero-order valence-corrected chi connectivity index (χ0v) is 13.1. The number of carboxylic acid groups (broad SMARTS) is 1. The molecule has 1 saturated heterocycles. The van der Waals surface area contributed by atoms with E-state index < -0.39 is 40.1 Å². The Morgan fingerprint density at radius 1 is 1.26 bits per heavy atom. The van der Waals surface area contributed by atoms with E-state index in [1.807, 2.05) is 0 Å². The second kappa shape index (κ2) is 6.95. The Morgan fingerprint density at radius 3 is 2.43 bits per heavy atom. The quantitative estimate of drug-likeness (QED) is 0.840. The minimum Gasteiger partial charge on any atom is -0.481 e. The Kier molecular flexibility index (Phi) is 5.19. The molecule has 23 heavy (non-hydrogen) atoms. The molecule has 1 atom stereocenters. The van der Waals surface area contributed by atoms with Gasteiger partial charge in [0.15, 0.2) is 9.84 Å². The van der Waals surface area contributed by atoms with Crippen molar-refractivity contribution in [2.75, 3.05) is 24.6 Å². The first-order valence-electron chi connectivity index (χ1n) is 7.00. The Hall–Kier alpha value is -2.16.